The van der Waals surface area contributed by atoms with Crippen LogP contribution < -0.4 is 4.31 Å². The molecule has 0 radical (unpaired) electrons. The Hall–Kier alpha value is -2.41. The van der Waals surface area contributed by atoms with Crippen molar-refractivity contribution in [3.63, 3.8) is 0 Å². The van der Waals surface area contributed by atoms with Crippen LogP contribution in [0.5, 0.6) is 0 Å². The molecule has 0 aromatic heterocycles. The number of rotatable bonds is 3. The van der Waals surface area contributed by atoms with Crippen molar-refractivity contribution in [3.8, 4) is 0 Å². The van der Waals surface area contributed by atoms with Crippen molar-refractivity contribution in [2.45, 2.75) is 24.2 Å². The quantitative estimate of drug-likeness (QED) is 0.638. The topological polar surface area (TPSA) is 80.5 Å². The number of hydrogen-bond acceptors (Lipinski definition) is 4. The Bertz CT molecular complexity index is 864. The second-order valence-corrected chi connectivity index (χ2v) is 7.44. The molecule has 2 aromatic carbocycles. The molecule has 0 saturated heterocycles. The summed E-state index contributed by atoms with van der Waals surface area (Å²) >= 11 is 0. The van der Waals surface area contributed by atoms with Gasteiger partial charge in [-0.05, 0) is 30.0 Å². The molecule has 2 aromatic rings. The van der Waals surface area contributed by atoms with E-state index >= 15 is 0 Å². The van der Waals surface area contributed by atoms with E-state index in [1.54, 1.807) is 12.1 Å². The molecule has 1 aliphatic heterocycles. The third-order valence-corrected chi connectivity index (χ3v) is 5.93. The van der Waals surface area contributed by atoms with Crippen molar-refractivity contribution in [2.75, 3.05) is 10.8 Å². The summed E-state index contributed by atoms with van der Waals surface area (Å²) in [5, 5.41) is 10.9. The summed E-state index contributed by atoms with van der Waals surface area (Å²) in [5.74, 6) is 0.280. The van der Waals surface area contributed by atoms with E-state index < -0.39 is 14.9 Å². The fourth-order valence-electron chi connectivity index (χ4n) is 2.85. The third kappa shape index (κ3) is 2.68. The number of nitrogens with zero attached hydrogens (tertiary/aromatic N) is 2. The van der Waals surface area contributed by atoms with E-state index in [0.29, 0.717) is 18.7 Å². The van der Waals surface area contributed by atoms with Crippen LogP contribution in [0.3, 0.4) is 0 Å². The van der Waals surface area contributed by atoms with E-state index in [4.69, 9.17) is 0 Å². The second-order valence-electron chi connectivity index (χ2n) is 5.58. The second kappa shape index (κ2) is 5.66. The van der Waals surface area contributed by atoms with Gasteiger partial charge in [-0.3, -0.25) is 14.4 Å². The van der Waals surface area contributed by atoms with Crippen LogP contribution in [0.15, 0.2) is 53.4 Å². The molecule has 23 heavy (non-hydrogen) atoms. The number of benzene rings is 2. The fourth-order valence-corrected chi connectivity index (χ4v) is 4.40. The van der Waals surface area contributed by atoms with E-state index in [1.165, 1.54) is 22.5 Å². The number of para-hydroxylation sites is 1. The molecular weight excluding hydrogens is 316 g/mol. The number of nitro benzene ring substituents is 1. The number of non-ortho nitro benzene ring substituents is 1. The summed E-state index contributed by atoms with van der Waals surface area (Å²) in [5.41, 5.74) is 1.40. The van der Waals surface area contributed by atoms with Crippen LogP contribution >= 0.6 is 0 Å². The van der Waals surface area contributed by atoms with Gasteiger partial charge in [0.25, 0.3) is 15.7 Å². The molecule has 120 valence electrons. The van der Waals surface area contributed by atoms with Crippen LogP contribution in [0.2, 0.25) is 0 Å². The van der Waals surface area contributed by atoms with E-state index in [0.717, 1.165) is 11.6 Å². The molecule has 3 rings (SSSR count). The molecule has 0 aliphatic carbocycles. The predicted octanol–water partition coefficient (Wildman–Crippen LogP) is 3.30. The van der Waals surface area contributed by atoms with Gasteiger partial charge in [0.15, 0.2) is 0 Å². The SMILES string of the molecule is CC1CCN(S(=O)(=O)c2cccc([N+](=O)[O-])c2)c2ccccc21. The molecule has 0 amide bonds. The van der Waals surface area contributed by atoms with Gasteiger partial charge in [-0.2, -0.15) is 0 Å². The Morgan fingerprint density at radius 2 is 1.91 bits per heavy atom. The van der Waals surface area contributed by atoms with Crippen molar-refractivity contribution in [1.29, 1.82) is 0 Å². The van der Waals surface area contributed by atoms with Crippen LogP contribution in [0.1, 0.15) is 24.8 Å². The van der Waals surface area contributed by atoms with Crippen molar-refractivity contribution in [1.82, 2.24) is 0 Å². The van der Waals surface area contributed by atoms with Crippen LogP contribution in [-0.4, -0.2) is 19.9 Å². The van der Waals surface area contributed by atoms with Crippen LogP contribution in [-0.2, 0) is 10.0 Å². The van der Waals surface area contributed by atoms with Gasteiger partial charge in [-0.1, -0.05) is 31.2 Å². The highest BCUT2D eigenvalue weighted by Crippen LogP contribution is 2.38. The average molecular weight is 332 g/mol. The molecule has 0 fully saturated rings. The van der Waals surface area contributed by atoms with Gasteiger partial charge in [0.2, 0.25) is 0 Å². The molecule has 1 unspecified atom stereocenters. The molecule has 0 saturated carbocycles. The molecule has 7 heteroatoms. The summed E-state index contributed by atoms with van der Waals surface area (Å²) in [7, 11) is -3.83. The lowest BCUT2D eigenvalue weighted by atomic mass is 9.93. The summed E-state index contributed by atoms with van der Waals surface area (Å²) < 4.78 is 27.2. The zero-order valence-corrected chi connectivity index (χ0v) is 13.4. The maximum atomic E-state index is 12.9. The Morgan fingerprint density at radius 3 is 2.65 bits per heavy atom. The average Bonchev–Trinajstić information content (AvgIpc) is 2.55. The monoisotopic (exact) mass is 332 g/mol. The Morgan fingerprint density at radius 1 is 1.17 bits per heavy atom. The Kier molecular flexibility index (Phi) is 3.81. The first-order valence-corrected chi connectivity index (χ1v) is 8.71. The molecule has 0 spiro atoms. The minimum Gasteiger partial charge on any atom is -0.266 e. The zero-order valence-electron chi connectivity index (χ0n) is 12.5. The van der Waals surface area contributed by atoms with Crippen LogP contribution in [0, 0.1) is 10.1 Å². The van der Waals surface area contributed by atoms with Gasteiger partial charge < -0.3 is 0 Å². The van der Waals surface area contributed by atoms with Crippen molar-refractivity contribution >= 4 is 21.4 Å². The van der Waals surface area contributed by atoms with E-state index in [2.05, 4.69) is 6.92 Å². The maximum absolute atomic E-state index is 12.9. The van der Waals surface area contributed by atoms with Crippen LogP contribution in [0.4, 0.5) is 11.4 Å². The first kappa shape index (κ1) is 15.5. The van der Waals surface area contributed by atoms with Gasteiger partial charge in [0.1, 0.15) is 0 Å². The number of nitro groups is 1. The summed E-state index contributed by atoms with van der Waals surface area (Å²) in [6.07, 6.45) is 0.713. The van der Waals surface area contributed by atoms with Crippen molar-refractivity contribution < 1.29 is 13.3 Å². The largest absolute Gasteiger partial charge is 0.270 e. The summed E-state index contributed by atoms with van der Waals surface area (Å²) in [4.78, 5) is 10.2. The first-order valence-electron chi connectivity index (χ1n) is 7.27. The lowest BCUT2D eigenvalue weighted by Crippen LogP contribution is -2.36. The van der Waals surface area contributed by atoms with Gasteiger partial charge in [0, 0.05) is 18.7 Å². The minimum absolute atomic E-state index is 0.0592. The van der Waals surface area contributed by atoms with Crippen LogP contribution in [0.25, 0.3) is 0 Å². The van der Waals surface area contributed by atoms with Gasteiger partial charge >= 0.3 is 0 Å². The van der Waals surface area contributed by atoms with E-state index in [9.17, 15) is 18.5 Å². The summed E-state index contributed by atoms with van der Waals surface area (Å²) in [6.45, 7) is 2.43. The van der Waals surface area contributed by atoms with Gasteiger partial charge in [0.05, 0.1) is 15.5 Å². The standard InChI is InChI=1S/C16H16N2O4S/c1-12-9-10-17(16-8-3-2-7-15(12)16)23(21,22)14-6-4-5-13(11-14)18(19)20/h2-8,11-12H,9-10H2,1H3. The van der Waals surface area contributed by atoms with E-state index in [1.807, 2.05) is 12.1 Å². The van der Waals surface area contributed by atoms with Crippen molar-refractivity contribution in [2.24, 2.45) is 0 Å². The maximum Gasteiger partial charge on any atom is 0.270 e. The molecular formula is C16H16N2O4S. The summed E-state index contributed by atoms with van der Waals surface area (Å²) in [6, 6.07) is 12.6. The smallest absolute Gasteiger partial charge is 0.266 e. The number of hydrogen-bond donors (Lipinski definition) is 0. The number of fused-ring (bicyclic) bond motifs is 1. The minimum atomic E-state index is -3.83. The molecule has 0 bridgehead atoms. The molecule has 6 nitrogen and oxygen atoms in total. The first-order chi connectivity index (χ1) is 10.9. The third-order valence-electron chi connectivity index (χ3n) is 4.12. The van der Waals surface area contributed by atoms with Crippen molar-refractivity contribution in [3.05, 3.63) is 64.2 Å². The van der Waals surface area contributed by atoms with Gasteiger partial charge in [-0.15, -0.1) is 0 Å². The Labute approximate surface area is 134 Å². The molecule has 1 atom stereocenters. The zero-order chi connectivity index (χ0) is 16.6. The number of anilines is 1. The highest BCUT2D eigenvalue weighted by Gasteiger charge is 2.32. The Balaban J connectivity index is 2.09. The number of sulfonamides is 1. The lowest BCUT2D eigenvalue weighted by Gasteiger charge is -2.33. The highest BCUT2D eigenvalue weighted by atomic mass is 32.2. The van der Waals surface area contributed by atoms with E-state index in [-0.39, 0.29) is 16.5 Å². The molecule has 1 aliphatic rings. The van der Waals surface area contributed by atoms with Gasteiger partial charge in [-0.25, -0.2) is 8.42 Å². The molecule has 1 heterocycles. The lowest BCUT2D eigenvalue weighted by molar-refractivity contribution is -0.385. The molecule has 0 N–H and O–H groups in total. The normalized spacial score (nSPS) is 17.6. The highest BCUT2D eigenvalue weighted by molar-refractivity contribution is 7.92. The fraction of sp³-hybridized carbons (Fsp3) is 0.250. The predicted molar refractivity (Wildman–Crippen MR) is 87.1 cm³/mol.